The Bertz CT molecular complexity index is 1400. The summed E-state index contributed by atoms with van der Waals surface area (Å²) in [4.78, 5) is 4.61. The molecule has 0 fully saturated rings. The van der Waals surface area contributed by atoms with Crippen LogP contribution < -0.4 is 10.0 Å². The number of hydrogen-bond donors (Lipinski definition) is 2. The predicted molar refractivity (Wildman–Crippen MR) is 123 cm³/mol. The van der Waals surface area contributed by atoms with Gasteiger partial charge in [-0.3, -0.25) is 4.72 Å². The Hall–Kier alpha value is -3.94. The van der Waals surface area contributed by atoms with Crippen LogP contribution in [0.1, 0.15) is 10.8 Å². The van der Waals surface area contributed by atoms with E-state index in [1.807, 2.05) is 35.7 Å². The van der Waals surface area contributed by atoms with Crippen molar-refractivity contribution in [2.24, 2.45) is 0 Å². The Kier molecular flexibility index (Phi) is 6.02. The number of nitrogens with one attached hydrogen (secondary N) is 2. The van der Waals surface area contributed by atoms with Crippen molar-refractivity contribution in [1.29, 1.82) is 5.26 Å². The van der Waals surface area contributed by atoms with Crippen molar-refractivity contribution in [3.05, 3.63) is 83.0 Å². The van der Waals surface area contributed by atoms with Crippen LogP contribution in [0.25, 0.3) is 16.8 Å². The van der Waals surface area contributed by atoms with Gasteiger partial charge in [-0.1, -0.05) is 35.5 Å². The van der Waals surface area contributed by atoms with Gasteiger partial charge in [-0.15, -0.1) is 11.3 Å². The summed E-state index contributed by atoms with van der Waals surface area (Å²) in [5.74, 6) is 0.614. The summed E-state index contributed by atoms with van der Waals surface area (Å²) in [7, 11) is -3.80. The van der Waals surface area contributed by atoms with Crippen LogP contribution in [0.2, 0.25) is 0 Å². The zero-order chi connectivity index (χ0) is 22.6. The van der Waals surface area contributed by atoms with Crippen molar-refractivity contribution in [3.63, 3.8) is 0 Å². The molecule has 32 heavy (non-hydrogen) atoms. The van der Waals surface area contributed by atoms with E-state index in [2.05, 4.69) is 26.2 Å². The largest absolute Gasteiger partial charge is 0.360 e. The number of anilines is 2. The van der Waals surface area contributed by atoms with Crippen molar-refractivity contribution in [2.75, 3.05) is 10.0 Å². The highest BCUT2D eigenvalue weighted by Crippen LogP contribution is 2.26. The van der Waals surface area contributed by atoms with E-state index in [1.165, 1.54) is 29.5 Å². The summed E-state index contributed by atoms with van der Waals surface area (Å²) in [5.41, 5.74) is 2.77. The highest BCUT2D eigenvalue weighted by Gasteiger charge is 2.16. The third-order valence-corrected chi connectivity index (χ3v) is 6.59. The topological polar surface area (TPSA) is 121 Å². The lowest BCUT2D eigenvalue weighted by Gasteiger charge is -2.06. The Labute approximate surface area is 188 Å². The van der Waals surface area contributed by atoms with Crippen LogP contribution in [0.5, 0.6) is 0 Å². The summed E-state index contributed by atoms with van der Waals surface area (Å²) in [6, 6.07) is 19.5. The second kappa shape index (κ2) is 9.05. The van der Waals surface area contributed by atoms with Gasteiger partial charge in [-0.2, -0.15) is 5.26 Å². The van der Waals surface area contributed by atoms with E-state index < -0.39 is 10.0 Å². The van der Waals surface area contributed by atoms with Gasteiger partial charge in [-0.25, -0.2) is 13.4 Å². The van der Waals surface area contributed by atoms with Gasteiger partial charge in [0.1, 0.15) is 22.4 Å². The molecule has 0 unspecified atom stereocenters. The molecule has 0 spiro atoms. The molecule has 2 heterocycles. The zero-order valence-corrected chi connectivity index (χ0v) is 18.4. The quantitative estimate of drug-likeness (QED) is 0.375. The Morgan fingerprint density at radius 3 is 2.56 bits per heavy atom. The minimum Gasteiger partial charge on any atom is -0.360 e. The summed E-state index contributed by atoms with van der Waals surface area (Å²) in [6.07, 6.45) is 1.55. The molecule has 10 heteroatoms. The highest BCUT2D eigenvalue weighted by molar-refractivity contribution is 7.92. The number of hydrogen-bond acceptors (Lipinski definition) is 8. The highest BCUT2D eigenvalue weighted by atomic mass is 32.2. The zero-order valence-electron chi connectivity index (χ0n) is 16.8. The van der Waals surface area contributed by atoms with Crippen LogP contribution in [-0.4, -0.2) is 18.6 Å². The average Bonchev–Trinajstić information content (AvgIpc) is 3.44. The van der Waals surface area contributed by atoms with Gasteiger partial charge in [-0.05, 0) is 31.2 Å². The number of rotatable bonds is 7. The number of sulfonamides is 1. The number of benzene rings is 2. The third kappa shape index (κ3) is 4.85. The van der Waals surface area contributed by atoms with Gasteiger partial charge < -0.3 is 9.84 Å². The molecule has 0 saturated heterocycles. The second-order valence-corrected chi connectivity index (χ2v) is 9.21. The van der Waals surface area contributed by atoms with Gasteiger partial charge in [0.25, 0.3) is 10.0 Å². The van der Waals surface area contributed by atoms with E-state index in [4.69, 9.17) is 4.52 Å². The van der Waals surface area contributed by atoms with Gasteiger partial charge in [0.15, 0.2) is 5.82 Å². The molecule has 4 aromatic rings. The molecule has 0 aliphatic rings. The molecule has 0 bridgehead atoms. The maximum atomic E-state index is 12.5. The predicted octanol–water partition coefficient (Wildman–Crippen LogP) is 4.88. The van der Waals surface area contributed by atoms with E-state index in [1.54, 1.807) is 25.3 Å². The molecule has 0 atom stereocenters. The molecular formula is C22H17N5O3S2. The summed E-state index contributed by atoms with van der Waals surface area (Å²) >= 11 is 1.38. The fourth-order valence-electron chi connectivity index (χ4n) is 2.78. The van der Waals surface area contributed by atoms with E-state index >= 15 is 0 Å². The van der Waals surface area contributed by atoms with Gasteiger partial charge in [0.05, 0.1) is 10.6 Å². The van der Waals surface area contributed by atoms with Crippen LogP contribution in [0.4, 0.5) is 11.5 Å². The minimum absolute atomic E-state index is 0.0700. The smallest absolute Gasteiger partial charge is 0.263 e. The Morgan fingerprint density at radius 2 is 1.91 bits per heavy atom. The Morgan fingerprint density at radius 1 is 1.16 bits per heavy atom. The van der Waals surface area contributed by atoms with Gasteiger partial charge in [0, 0.05) is 28.9 Å². The lowest BCUT2D eigenvalue weighted by Crippen LogP contribution is -2.13. The molecule has 0 radical (unpaired) electrons. The first-order valence-electron chi connectivity index (χ1n) is 9.39. The number of allylic oxidation sites excluding steroid dienone is 1. The maximum Gasteiger partial charge on any atom is 0.263 e. The SMILES string of the molecule is Cc1cc(NS(=O)(=O)c2ccc(N/C=C(/C#N)c3nc(-c4ccccc4)cs3)cc2)no1. The van der Waals surface area contributed by atoms with Crippen molar-refractivity contribution >= 4 is 38.4 Å². The average molecular weight is 464 g/mol. The first kappa shape index (κ1) is 21.3. The molecule has 8 nitrogen and oxygen atoms in total. The number of nitriles is 1. The molecule has 2 N–H and O–H groups in total. The van der Waals surface area contributed by atoms with E-state index in [0.29, 0.717) is 22.0 Å². The number of aryl methyl sites for hydroxylation is 1. The van der Waals surface area contributed by atoms with Gasteiger partial charge in [0.2, 0.25) is 0 Å². The second-order valence-electron chi connectivity index (χ2n) is 6.67. The van der Waals surface area contributed by atoms with Crippen LogP contribution in [-0.2, 0) is 10.0 Å². The third-order valence-electron chi connectivity index (χ3n) is 4.34. The van der Waals surface area contributed by atoms with E-state index in [-0.39, 0.29) is 10.7 Å². The van der Waals surface area contributed by atoms with Gasteiger partial charge >= 0.3 is 0 Å². The molecule has 4 rings (SSSR count). The fourth-order valence-corrected chi connectivity index (χ4v) is 4.56. The van der Waals surface area contributed by atoms with Crippen LogP contribution in [0.3, 0.4) is 0 Å². The molecule has 160 valence electrons. The molecule has 0 aliphatic heterocycles. The standard InChI is InChI=1S/C22H17N5O3S2/c1-15-11-21(26-30-15)27-32(28,29)19-9-7-18(8-10-19)24-13-17(12-23)22-25-20(14-31-22)16-5-3-2-4-6-16/h2-11,13-14,24H,1H3,(H,26,27)/b17-13-. The first-order valence-corrected chi connectivity index (χ1v) is 11.8. The molecule has 2 aromatic carbocycles. The van der Waals surface area contributed by atoms with E-state index in [0.717, 1.165) is 11.3 Å². The molecule has 0 aliphatic carbocycles. The monoisotopic (exact) mass is 463 g/mol. The van der Waals surface area contributed by atoms with Crippen LogP contribution >= 0.6 is 11.3 Å². The maximum absolute atomic E-state index is 12.5. The lowest BCUT2D eigenvalue weighted by atomic mass is 10.2. The molecule has 0 saturated carbocycles. The van der Waals surface area contributed by atoms with Crippen LogP contribution in [0, 0.1) is 18.3 Å². The van der Waals surface area contributed by atoms with E-state index in [9.17, 15) is 13.7 Å². The minimum atomic E-state index is -3.80. The number of thiazole rings is 1. The normalized spacial score (nSPS) is 11.7. The van der Waals surface area contributed by atoms with Crippen molar-refractivity contribution in [2.45, 2.75) is 11.8 Å². The van der Waals surface area contributed by atoms with Crippen molar-refractivity contribution in [3.8, 4) is 17.3 Å². The summed E-state index contributed by atoms with van der Waals surface area (Å²) < 4.78 is 32.2. The Balaban J connectivity index is 1.47. The molecular weight excluding hydrogens is 446 g/mol. The summed E-state index contributed by atoms with van der Waals surface area (Å²) in [6.45, 7) is 1.67. The summed E-state index contributed by atoms with van der Waals surface area (Å²) in [5, 5.41) is 18.7. The molecule has 2 aromatic heterocycles. The lowest BCUT2D eigenvalue weighted by molar-refractivity contribution is 0.400. The number of aromatic nitrogens is 2. The number of nitrogens with zero attached hydrogens (tertiary/aromatic N) is 3. The fraction of sp³-hybridized carbons (Fsp3) is 0.0455. The first-order chi connectivity index (χ1) is 15.4. The molecule has 0 amide bonds. The van der Waals surface area contributed by atoms with Crippen molar-refractivity contribution in [1.82, 2.24) is 10.1 Å². The van der Waals surface area contributed by atoms with Crippen molar-refractivity contribution < 1.29 is 12.9 Å². The van der Waals surface area contributed by atoms with Crippen LogP contribution in [0.15, 0.2) is 81.7 Å².